The summed E-state index contributed by atoms with van der Waals surface area (Å²) in [7, 11) is 0. The molecule has 1 aromatic rings. The molecule has 1 aromatic carbocycles. The van der Waals surface area contributed by atoms with Crippen LogP contribution in [0.5, 0.6) is 0 Å². The molecule has 0 aromatic heterocycles. The molecule has 0 unspecified atom stereocenters. The van der Waals surface area contributed by atoms with Gasteiger partial charge in [-0.25, -0.2) is 0 Å². The van der Waals surface area contributed by atoms with Gasteiger partial charge in [0.15, 0.2) is 0 Å². The van der Waals surface area contributed by atoms with Crippen LogP contribution < -0.4 is 10.6 Å². The van der Waals surface area contributed by atoms with Gasteiger partial charge in [0.2, 0.25) is 0 Å². The summed E-state index contributed by atoms with van der Waals surface area (Å²) >= 11 is 0. The number of nitrogens with two attached hydrogens (primary N) is 1. The molecule has 0 bridgehead atoms. The molecular weight excluding hydrogens is 231 g/mol. The van der Waals surface area contributed by atoms with Gasteiger partial charge in [0, 0.05) is 24.8 Å². The minimum atomic E-state index is 0. The lowest BCUT2D eigenvalue weighted by Crippen LogP contribution is -2.42. The Bertz CT molecular complexity index is 267. The number of rotatable bonds is 1. The summed E-state index contributed by atoms with van der Waals surface area (Å²) in [5.41, 5.74) is 7.22. The van der Waals surface area contributed by atoms with Crippen LogP contribution in [0.4, 0.5) is 5.69 Å². The van der Waals surface area contributed by atoms with Crippen molar-refractivity contribution in [1.29, 1.82) is 0 Å². The van der Waals surface area contributed by atoms with Crippen molar-refractivity contribution in [3.05, 3.63) is 30.3 Å². The minimum Gasteiger partial charge on any atom is -0.370 e. The third-order valence-electron chi connectivity index (χ3n) is 2.58. The van der Waals surface area contributed by atoms with Gasteiger partial charge in [-0.15, -0.1) is 24.8 Å². The number of hydrogen-bond acceptors (Lipinski definition) is 2. The molecule has 86 valence electrons. The Morgan fingerprint density at radius 1 is 1.13 bits per heavy atom. The van der Waals surface area contributed by atoms with E-state index in [4.69, 9.17) is 5.73 Å². The first kappa shape index (κ1) is 14.6. The summed E-state index contributed by atoms with van der Waals surface area (Å²) < 4.78 is 0. The lowest BCUT2D eigenvalue weighted by molar-refractivity contribution is 0.506. The monoisotopic (exact) mass is 248 g/mol. The quantitative estimate of drug-likeness (QED) is 0.828. The zero-order valence-electron chi connectivity index (χ0n) is 8.63. The number of benzene rings is 1. The molecule has 1 aliphatic heterocycles. The second kappa shape index (κ2) is 6.94. The number of piperidine rings is 1. The molecule has 0 radical (unpaired) electrons. The van der Waals surface area contributed by atoms with E-state index in [0.29, 0.717) is 6.04 Å². The summed E-state index contributed by atoms with van der Waals surface area (Å²) in [6, 6.07) is 10.9. The van der Waals surface area contributed by atoms with Gasteiger partial charge < -0.3 is 10.6 Å². The fourth-order valence-electron chi connectivity index (χ4n) is 1.88. The Balaban J connectivity index is 0.000000980. The van der Waals surface area contributed by atoms with Gasteiger partial charge in [0.25, 0.3) is 0 Å². The molecule has 2 nitrogen and oxygen atoms in total. The van der Waals surface area contributed by atoms with Crippen LogP contribution in [0.15, 0.2) is 30.3 Å². The van der Waals surface area contributed by atoms with Crippen LogP contribution in [0.1, 0.15) is 12.8 Å². The predicted molar refractivity (Wildman–Crippen MR) is 70.4 cm³/mol. The van der Waals surface area contributed by atoms with E-state index < -0.39 is 0 Å². The maximum atomic E-state index is 5.92. The van der Waals surface area contributed by atoms with E-state index in [1.807, 2.05) is 6.07 Å². The molecule has 2 N–H and O–H groups in total. The van der Waals surface area contributed by atoms with Gasteiger partial charge >= 0.3 is 0 Å². The largest absolute Gasteiger partial charge is 0.370 e. The summed E-state index contributed by atoms with van der Waals surface area (Å²) in [6.07, 6.45) is 2.39. The standard InChI is InChI=1S/C11H16N2.2ClH/c12-10-5-4-8-13(9-10)11-6-2-1-3-7-11;;/h1-3,6-7,10H,4-5,8-9,12H2;2*1H/t10-;;/m0../s1. The average Bonchev–Trinajstić information content (AvgIpc) is 2.19. The maximum Gasteiger partial charge on any atom is 0.0366 e. The molecule has 1 saturated heterocycles. The normalized spacial score (nSPS) is 20.1. The van der Waals surface area contributed by atoms with Gasteiger partial charge in [-0.1, -0.05) is 18.2 Å². The van der Waals surface area contributed by atoms with Crippen molar-refractivity contribution in [2.45, 2.75) is 18.9 Å². The molecule has 1 atom stereocenters. The highest BCUT2D eigenvalue weighted by Gasteiger charge is 2.16. The molecule has 1 aliphatic rings. The number of halogens is 2. The molecule has 4 heteroatoms. The Labute approximate surface area is 104 Å². The van der Waals surface area contributed by atoms with E-state index in [9.17, 15) is 0 Å². The van der Waals surface area contributed by atoms with Gasteiger partial charge in [-0.2, -0.15) is 0 Å². The molecular formula is C11H18Cl2N2. The highest BCUT2D eigenvalue weighted by atomic mass is 35.5. The number of para-hydroxylation sites is 1. The number of anilines is 1. The molecule has 15 heavy (non-hydrogen) atoms. The van der Waals surface area contributed by atoms with Crippen molar-refractivity contribution < 1.29 is 0 Å². The summed E-state index contributed by atoms with van der Waals surface area (Å²) in [4.78, 5) is 2.37. The molecule has 0 amide bonds. The van der Waals surface area contributed by atoms with Crippen molar-refractivity contribution in [3.8, 4) is 0 Å². The molecule has 0 spiro atoms. The number of hydrogen-bond donors (Lipinski definition) is 1. The lowest BCUT2D eigenvalue weighted by Gasteiger charge is -2.32. The smallest absolute Gasteiger partial charge is 0.0366 e. The fourth-order valence-corrected chi connectivity index (χ4v) is 1.88. The van der Waals surface area contributed by atoms with Gasteiger partial charge in [0.05, 0.1) is 0 Å². The topological polar surface area (TPSA) is 29.3 Å². The minimum absolute atomic E-state index is 0. The third kappa shape index (κ3) is 3.90. The van der Waals surface area contributed by atoms with Crippen LogP contribution in [0.3, 0.4) is 0 Å². The Kier molecular flexibility index (Phi) is 6.73. The fraction of sp³-hybridized carbons (Fsp3) is 0.455. The van der Waals surface area contributed by atoms with E-state index >= 15 is 0 Å². The van der Waals surface area contributed by atoms with Crippen LogP contribution in [-0.4, -0.2) is 19.1 Å². The van der Waals surface area contributed by atoms with Crippen LogP contribution in [-0.2, 0) is 0 Å². The molecule has 1 heterocycles. The Morgan fingerprint density at radius 3 is 2.40 bits per heavy atom. The summed E-state index contributed by atoms with van der Waals surface area (Å²) in [6.45, 7) is 2.15. The third-order valence-corrected chi connectivity index (χ3v) is 2.58. The first-order valence-electron chi connectivity index (χ1n) is 4.92. The first-order valence-corrected chi connectivity index (χ1v) is 4.92. The zero-order valence-corrected chi connectivity index (χ0v) is 10.3. The first-order chi connectivity index (χ1) is 6.36. The molecule has 0 aliphatic carbocycles. The van der Waals surface area contributed by atoms with E-state index in [1.165, 1.54) is 18.5 Å². The van der Waals surface area contributed by atoms with E-state index in [0.717, 1.165) is 13.1 Å². The number of nitrogens with zero attached hydrogens (tertiary/aromatic N) is 1. The van der Waals surface area contributed by atoms with Crippen LogP contribution >= 0.6 is 24.8 Å². The van der Waals surface area contributed by atoms with Crippen LogP contribution in [0.2, 0.25) is 0 Å². The Hall–Kier alpha value is -0.440. The summed E-state index contributed by atoms with van der Waals surface area (Å²) in [5, 5.41) is 0. The SMILES string of the molecule is Cl.Cl.N[C@H]1CCCN(c2ccccc2)C1. The molecule has 2 rings (SSSR count). The highest BCUT2D eigenvalue weighted by molar-refractivity contribution is 5.85. The maximum absolute atomic E-state index is 5.92. The van der Waals surface area contributed by atoms with Gasteiger partial charge in [-0.05, 0) is 25.0 Å². The molecule has 0 saturated carbocycles. The Morgan fingerprint density at radius 2 is 1.80 bits per heavy atom. The highest BCUT2D eigenvalue weighted by Crippen LogP contribution is 2.18. The van der Waals surface area contributed by atoms with Crippen LogP contribution in [0.25, 0.3) is 0 Å². The van der Waals surface area contributed by atoms with E-state index in [-0.39, 0.29) is 24.8 Å². The predicted octanol–water partition coefficient (Wildman–Crippen LogP) is 2.46. The van der Waals surface area contributed by atoms with Crippen LogP contribution in [0, 0.1) is 0 Å². The second-order valence-corrected chi connectivity index (χ2v) is 3.68. The van der Waals surface area contributed by atoms with E-state index in [2.05, 4.69) is 29.2 Å². The van der Waals surface area contributed by atoms with Crippen molar-refractivity contribution >= 4 is 30.5 Å². The van der Waals surface area contributed by atoms with Gasteiger partial charge in [-0.3, -0.25) is 0 Å². The van der Waals surface area contributed by atoms with Crippen molar-refractivity contribution in [3.63, 3.8) is 0 Å². The molecule has 1 fully saturated rings. The van der Waals surface area contributed by atoms with E-state index in [1.54, 1.807) is 0 Å². The van der Waals surface area contributed by atoms with Gasteiger partial charge in [0.1, 0.15) is 0 Å². The lowest BCUT2D eigenvalue weighted by atomic mass is 10.1. The summed E-state index contributed by atoms with van der Waals surface area (Å²) in [5.74, 6) is 0. The van der Waals surface area contributed by atoms with Crippen molar-refractivity contribution in [2.75, 3.05) is 18.0 Å². The zero-order chi connectivity index (χ0) is 9.10. The van der Waals surface area contributed by atoms with Crippen molar-refractivity contribution in [2.24, 2.45) is 5.73 Å². The second-order valence-electron chi connectivity index (χ2n) is 3.68. The average molecular weight is 249 g/mol. The van der Waals surface area contributed by atoms with Crippen molar-refractivity contribution in [1.82, 2.24) is 0 Å².